The van der Waals surface area contributed by atoms with Crippen LogP contribution < -0.4 is 14.8 Å². The van der Waals surface area contributed by atoms with Crippen LogP contribution in [0.25, 0.3) is 0 Å². The lowest BCUT2D eigenvalue weighted by Crippen LogP contribution is -2.43. The normalized spacial score (nSPS) is 19.3. The van der Waals surface area contributed by atoms with E-state index in [4.69, 9.17) is 21.1 Å². The van der Waals surface area contributed by atoms with E-state index < -0.39 is 0 Å². The molecule has 3 rings (SSSR count). The maximum atomic E-state index is 6.61. The lowest BCUT2D eigenvalue weighted by molar-refractivity contribution is 0.231. The Morgan fingerprint density at radius 2 is 1.95 bits per heavy atom. The number of halogens is 1. The average molecular weight is 325 g/mol. The van der Waals surface area contributed by atoms with Gasteiger partial charge in [-0.05, 0) is 11.5 Å². The number of rotatable bonds is 3. The third-order valence-corrected chi connectivity index (χ3v) is 4.64. The molecule has 0 spiro atoms. The maximum absolute atomic E-state index is 6.61. The Kier molecular flexibility index (Phi) is 5.11. The number of nitrogens with zero attached hydrogens (tertiary/aromatic N) is 1. The zero-order valence-corrected chi connectivity index (χ0v) is 14.2. The molecule has 0 aliphatic carbocycles. The molecule has 2 aliphatic rings. The molecule has 1 aromatic carbocycles. The van der Waals surface area contributed by atoms with Crippen molar-refractivity contribution >= 4 is 11.6 Å². The van der Waals surface area contributed by atoms with Crippen molar-refractivity contribution in [3.05, 3.63) is 22.2 Å². The summed E-state index contributed by atoms with van der Waals surface area (Å²) in [7, 11) is 0. The molecular formula is C17H25ClN2O2. The minimum Gasteiger partial charge on any atom is -0.489 e. The van der Waals surface area contributed by atoms with Gasteiger partial charge in [0.05, 0.1) is 13.2 Å². The molecular weight excluding hydrogens is 300 g/mol. The second-order valence-corrected chi connectivity index (χ2v) is 6.72. The Labute approximate surface area is 137 Å². The van der Waals surface area contributed by atoms with Crippen molar-refractivity contribution in [1.82, 2.24) is 10.2 Å². The summed E-state index contributed by atoms with van der Waals surface area (Å²) < 4.78 is 11.8. The molecule has 2 aliphatic heterocycles. The molecule has 0 aromatic heterocycles. The van der Waals surface area contributed by atoms with Crippen LogP contribution in [-0.2, 0) is 6.54 Å². The van der Waals surface area contributed by atoms with Crippen molar-refractivity contribution in [2.75, 3.05) is 39.4 Å². The molecule has 1 fully saturated rings. The number of fused-ring (bicyclic) bond motifs is 1. The number of ether oxygens (including phenoxy) is 2. The van der Waals surface area contributed by atoms with Crippen LogP contribution in [-0.4, -0.2) is 44.3 Å². The maximum Gasteiger partial charge on any atom is 0.165 e. The van der Waals surface area contributed by atoms with E-state index in [2.05, 4.69) is 24.1 Å². The molecule has 0 radical (unpaired) electrons. The van der Waals surface area contributed by atoms with Gasteiger partial charge in [-0.2, -0.15) is 0 Å². The molecule has 0 unspecified atom stereocenters. The van der Waals surface area contributed by atoms with Crippen LogP contribution in [0.15, 0.2) is 6.07 Å². The molecule has 0 saturated carbocycles. The van der Waals surface area contributed by atoms with Gasteiger partial charge in [-0.15, -0.1) is 0 Å². The number of piperazine rings is 1. The van der Waals surface area contributed by atoms with Gasteiger partial charge >= 0.3 is 0 Å². The van der Waals surface area contributed by atoms with Crippen LogP contribution in [0.5, 0.6) is 11.5 Å². The summed E-state index contributed by atoms with van der Waals surface area (Å²) in [6.07, 6.45) is 0.914. The standard InChI is InChI=1S/C17H25ClN2O2/c1-12(2)16-13(11-20-6-4-19-5-7-20)14(18)10-15-17(16)22-9-3-8-21-15/h10,12,19H,3-9,11H2,1-2H3. The minimum absolute atomic E-state index is 0.354. The van der Waals surface area contributed by atoms with Crippen LogP contribution >= 0.6 is 11.6 Å². The largest absolute Gasteiger partial charge is 0.489 e. The van der Waals surface area contributed by atoms with Crippen molar-refractivity contribution in [2.45, 2.75) is 32.7 Å². The SMILES string of the molecule is CC(C)c1c(CN2CCNCC2)c(Cl)cc2c1OCCCO2. The van der Waals surface area contributed by atoms with Gasteiger partial charge in [0.25, 0.3) is 0 Å². The predicted molar refractivity (Wildman–Crippen MR) is 89.3 cm³/mol. The minimum atomic E-state index is 0.354. The number of nitrogens with one attached hydrogen (secondary N) is 1. The molecule has 4 nitrogen and oxygen atoms in total. The highest BCUT2D eigenvalue weighted by atomic mass is 35.5. The topological polar surface area (TPSA) is 33.7 Å². The van der Waals surface area contributed by atoms with Crippen LogP contribution in [0.2, 0.25) is 5.02 Å². The van der Waals surface area contributed by atoms with Gasteiger partial charge in [-0.3, -0.25) is 4.90 Å². The lowest BCUT2D eigenvalue weighted by atomic mass is 9.94. The number of benzene rings is 1. The Bertz CT molecular complexity index is 528. The fourth-order valence-corrected chi connectivity index (χ4v) is 3.46. The second-order valence-electron chi connectivity index (χ2n) is 6.31. The lowest BCUT2D eigenvalue weighted by Gasteiger charge is -2.30. The molecule has 1 N–H and O–H groups in total. The number of hydrogen-bond donors (Lipinski definition) is 1. The summed E-state index contributed by atoms with van der Waals surface area (Å²) >= 11 is 6.61. The monoisotopic (exact) mass is 324 g/mol. The van der Waals surface area contributed by atoms with Crippen molar-refractivity contribution in [3.63, 3.8) is 0 Å². The first-order valence-electron chi connectivity index (χ1n) is 8.20. The molecule has 1 saturated heterocycles. The first-order chi connectivity index (χ1) is 10.7. The van der Waals surface area contributed by atoms with Crippen molar-refractivity contribution < 1.29 is 9.47 Å². The van der Waals surface area contributed by atoms with E-state index in [0.717, 1.165) is 55.7 Å². The van der Waals surface area contributed by atoms with Crippen LogP contribution in [0.4, 0.5) is 0 Å². The smallest absolute Gasteiger partial charge is 0.165 e. The summed E-state index contributed by atoms with van der Waals surface area (Å²) in [5, 5.41) is 4.19. The van der Waals surface area contributed by atoms with Crippen molar-refractivity contribution in [2.24, 2.45) is 0 Å². The highest BCUT2D eigenvalue weighted by Crippen LogP contribution is 2.43. The Morgan fingerprint density at radius 3 is 2.68 bits per heavy atom. The van der Waals surface area contributed by atoms with Gasteiger partial charge in [0.15, 0.2) is 11.5 Å². The van der Waals surface area contributed by atoms with Crippen molar-refractivity contribution in [1.29, 1.82) is 0 Å². The van der Waals surface area contributed by atoms with Gasteiger partial charge in [0.1, 0.15) is 0 Å². The summed E-state index contributed by atoms with van der Waals surface area (Å²) in [4.78, 5) is 2.45. The summed E-state index contributed by atoms with van der Waals surface area (Å²) in [5.41, 5.74) is 2.41. The van der Waals surface area contributed by atoms with Gasteiger partial charge in [0.2, 0.25) is 0 Å². The van der Waals surface area contributed by atoms with E-state index in [-0.39, 0.29) is 0 Å². The summed E-state index contributed by atoms with van der Waals surface area (Å²) in [6, 6.07) is 1.94. The molecule has 122 valence electrons. The van der Waals surface area contributed by atoms with E-state index in [1.54, 1.807) is 0 Å². The van der Waals surface area contributed by atoms with E-state index in [0.29, 0.717) is 19.1 Å². The first kappa shape index (κ1) is 15.9. The molecule has 5 heteroatoms. The number of hydrogen-bond acceptors (Lipinski definition) is 4. The molecule has 0 bridgehead atoms. The molecule has 22 heavy (non-hydrogen) atoms. The van der Waals surface area contributed by atoms with E-state index in [1.165, 1.54) is 11.1 Å². The summed E-state index contributed by atoms with van der Waals surface area (Å²) in [5.74, 6) is 2.06. The molecule has 0 amide bonds. The van der Waals surface area contributed by atoms with Crippen molar-refractivity contribution in [3.8, 4) is 11.5 Å². The van der Waals surface area contributed by atoms with Gasteiger partial charge < -0.3 is 14.8 Å². The van der Waals surface area contributed by atoms with E-state index >= 15 is 0 Å². The third-order valence-electron chi connectivity index (χ3n) is 4.30. The highest BCUT2D eigenvalue weighted by Gasteiger charge is 2.25. The van der Waals surface area contributed by atoms with Gasteiger partial charge in [-0.1, -0.05) is 25.4 Å². The van der Waals surface area contributed by atoms with Gasteiger partial charge in [0, 0.05) is 55.8 Å². The summed E-state index contributed by atoms with van der Waals surface area (Å²) in [6.45, 7) is 10.9. The van der Waals surface area contributed by atoms with Crippen LogP contribution in [0.1, 0.15) is 37.3 Å². The zero-order chi connectivity index (χ0) is 15.5. The second kappa shape index (κ2) is 7.07. The van der Waals surface area contributed by atoms with Crippen LogP contribution in [0, 0.1) is 0 Å². The predicted octanol–water partition coefficient (Wildman–Crippen LogP) is 3.03. The molecule has 1 aromatic rings. The third kappa shape index (κ3) is 3.34. The van der Waals surface area contributed by atoms with Crippen LogP contribution in [0.3, 0.4) is 0 Å². The average Bonchev–Trinajstić information content (AvgIpc) is 2.73. The first-order valence-corrected chi connectivity index (χ1v) is 8.58. The Morgan fingerprint density at radius 1 is 1.23 bits per heavy atom. The highest BCUT2D eigenvalue weighted by molar-refractivity contribution is 6.31. The van der Waals surface area contributed by atoms with Gasteiger partial charge in [-0.25, -0.2) is 0 Å². The van der Waals surface area contributed by atoms with E-state index in [1.807, 2.05) is 6.07 Å². The Hall–Kier alpha value is -0.970. The molecule has 2 heterocycles. The zero-order valence-electron chi connectivity index (χ0n) is 13.5. The fraction of sp³-hybridized carbons (Fsp3) is 0.647. The quantitative estimate of drug-likeness (QED) is 0.926. The fourth-order valence-electron chi connectivity index (χ4n) is 3.20. The van der Waals surface area contributed by atoms with E-state index in [9.17, 15) is 0 Å². The molecule has 0 atom stereocenters. The Balaban J connectivity index is 1.98.